The highest BCUT2D eigenvalue weighted by Crippen LogP contribution is 2.29. The van der Waals surface area contributed by atoms with Gasteiger partial charge in [0.25, 0.3) is 0 Å². The van der Waals surface area contributed by atoms with Crippen molar-refractivity contribution in [3.63, 3.8) is 0 Å². The van der Waals surface area contributed by atoms with E-state index in [1.165, 1.54) is 0 Å². The summed E-state index contributed by atoms with van der Waals surface area (Å²) < 4.78 is 1.66. The highest BCUT2D eigenvalue weighted by molar-refractivity contribution is 5.66. The van der Waals surface area contributed by atoms with Crippen LogP contribution >= 0.6 is 0 Å². The van der Waals surface area contributed by atoms with Crippen molar-refractivity contribution in [1.29, 1.82) is 0 Å². The van der Waals surface area contributed by atoms with Crippen molar-refractivity contribution in [1.82, 2.24) is 15.0 Å². The second-order valence-electron chi connectivity index (χ2n) is 4.15. The zero-order chi connectivity index (χ0) is 11.5. The molecule has 88 valence electrons. The summed E-state index contributed by atoms with van der Waals surface area (Å²) in [5.41, 5.74) is 0.668. The number of carbonyl (C=O) groups is 1. The van der Waals surface area contributed by atoms with Gasteiger partial charge in [0, 0.05) is 12.6 Å². The summed E-state index contributed by atoms with van der Waals surface area (Å²) in [6.07, 6.45) is 4.54. The number of hydrogen-bond acceptors (Lipinski definition) is 4. The molecule has 1 aliphatic rings. The van der Waals surface area contributed by atoms with Crippen molar-refractivity contribution in [2.75, 3.05) is 0 Å². The topological polar surface area (TPSA) is 88.2 Å². The molecule has 0 amide bonds. The Morgan fingerprint density at radius 3 is 3.00 bits per heavy atom. The number of aliphatic hydroxyl groups is 1. The minimum absolute atomic E-state index is 0.00563. The molecule has 1 heterocycles. The van der Waals surface area contributed by atoms with Gasteiger partial charge in [-0.2, -0.15) is 0 Å². The van der Waals surface area contributed by atoms with E-state index < -0.39 is 5.97 Å². The third-order valence-corrected chi connectivity index (χ3v) is 2.94. The van der Waals surface area contributed by atoms with Crippen LogP contribution in [-0.4, -0.2) is 37.3 Å². The van der Waals surface area contributed by atoms with E-state index in [1.54, 1.807) is 10.9 Å². The zero-order valence-electron chi connectivity index (χ0n) is 8.91. The molecule has 6 heteroatoms. The minimum atomic E-state index is -0.838. The number of hydrogen-bond donors (Lipinski definition) is 2. The zero-order valence-corrected chi connectivity index (χ0v) is 8.91. The van der Waals surface area contributed by atoms with Crippen LogP contribution in [0.1, 0.15) is 37.4 Å². The molecule has 0 aromatic carbocycles. The molecule has 0 bridgehead atoms. The maximum Gasteiger partial charge on any atom is 0.303 e. The molecule has 1 saturated carbocycles. The standard InChI is InChI=1S/C10H15N3O3/c14-9-3-1-2-8(9)13-6-7(11-12-13)4-5-10(15)16/h6,8-9,14H,1-5H2,(H,15,16). The van der Waals surface area contributed by atoms with Gasteiger partial charge in [0.1, 0.15) is 0 Å². The molecular weight excluding hydrogens is 210 g/mol. The normalized spacial score (nSPS) is 24.8. The Hall–Kier alpha value is -1.43. The monoisotopic (exact) mass is 225 g/mol. The van der Waals surface area contributed by atoms with E-state index in [2.05, 4.69) is 10.3 Å². The number of rotatable bonds is 4. The van der Waals surface area contributed by atoms with Crippen LogP contribution in [0, 0.1) is 0 Å². The van der Waals surface area contributed by atoms with Gasteiger partial charge in [-0.15, -0.1) is 5.10 Å². The van der Waals surface area contributed by atoms with E-state index in [1.807, 2.05) is 0 Å². The Morgan fingerprint density at radius 2 is 2.38 bits per heavy atom. The first kappa shape index (κ1) is 11.1. The van der Waals surface area contributed by atoms with Crippen LogP contribution in [0.15, 0.2) is 6.20 Å². The molecule has 2 N–H and O–H groups in total. The van der Waals surface area contributed by atoms with Crippen LogP contribution in [0.25, 0.3) is 0 Å². The summed E-state index contributed by atoms with van der Waals surface area (Å²) in [6.45, 7) is 0. The van der Waals surface area contributed by atoms with Gasteiger partial charge in [0.2, 0.25) is 0 Å². The fraction of sp³-hybridized carbons (Fsp3) is 0.700. The third kappa shape index (κ3) is 2.38. The van der Waals surface area contributed by atoms with Gasteiger partial charge >= 0.3 is 5.97 Å². The van der Waals surface area contributed by atoms with Crippen molar-refractivity contribution in [3.8, 4) is 0 Å². The van der Waals surface area contributed by atoms with Gasteiger partial charge in [-0.1, -0.05) is 5.21 Å². The number of aliphatic hydroxyl groups excluding tert-OH is 1. The van der Waals surface area contributed by atoms with E-state index >= 15 is 0 Å². The SMILES string of the molecule is O=C(O)CCc1cn(C2CCCC2O)nn1. The highest BCUT2D eigenvalue weighted by Gasteiger charge is 2.27. The van der Waals surface area contributed by atoms with Gasteiger partial charge < -0.3 is 10.2 Å². The van der Waals surface area contributed by atoms with Gasteiger partial charge in [-0.05, 0) is 19.3 Å². The number of aromatic nitrogens is 3. The average molecular weight is 225 g/mol. The van der Waals surface area contributed by atoms with Crippen LogP contribution in [0.3, 0.4) is 0 Å². The lowest BCUT2D eigenvalue weighted by Crippen LogP contribution is -2.18. The minimum Gasteiger partial charge on any atom is -0.481 e. The molecule has 0 aliphatic heterocycles. The van der Waals surface area contributed by atoms with E-state index in [0.717, 1.165) is 19.3 Å². The molecule has 16 heavy (non-hydrogen) atoms. The first-order chi connectivity index (χ1) is 7.66. The van der Waals surface area contributed by atoms with Crippen LogP contribution in [-0.2, 0) is 11.2 Å². The van der Waals surface area contributed by atoms with Gasteiger partial charge in [-0.25, -0.2) is 4.68 Å². The summed E-state index contributed by atoms with van der Waals surface area (Å²) in [4.78, 5) is 10.4. The lowest BCUT2D eigenvalue weighted by atomic mass is 10.2. The molecule has 0 radical (unpaired) electrons. The summed E-state index contributed by atoms with van der Waals surface area (Å²) in [6, 6.07) is 0.00563. The van der Waals surface area contributed by atoms with E-state index in [9.17, 15) is 9.90 Å². The van der Waals surface area contributed by atoms with Crippen molar-refractivity contribution < 1.29 is 15.0 Å². The highest BCUT2D eigenvalue weighted by atomic mass is 16.4. The van der Waals surface area contributed by atoms with Crippen LogP contribution in [0.5, 0.6) is 0 Å². The molecular formula is C10H15N3O3. The Bertz CT molecular complexity index is 377. The largest absolute Gasteiger partial charge is 0.481 e. The molecule has 1 fully saturated rings. The second kappa shape index (κ2) is 4.61. The Kier molecular flexibility index (Phi) is 3.19. The van der Waals surface area contributed by atoms with Crippen molar-refractivity contribution in [2.24, 2.45) is 0 Å². The van der Waals surface area contributed by atoms with Gasteiger partial charge in [0.05, 0.1) is 24.3 Å². The van der Waals surface area contributed by atoms with E-state index in [4.69, 9.17) is 5.11 Å². The smallest absolute Gasteiger partial charge is 0.303 e. The average Bonchev–Trinajstić information content (AvgIpc) is 2.83. The van der Waals surface area contributed by atoms with E-state index in [0.29, 0.717) is 12.1 Å². The van der Waals surface area contributed by atoms with Crippen LogP contribution < -0.4 is 0 Å². The van der Waals surface area contributed by atoms with Crippen LogP contribution in [0.2, 0.25) is 0 Å². The molecule has 2 unspecified atom stereocenters. The molecule has 0 spiro atoms. The van der Waals surface area contributed by atoms with Crippen LogP contribution in [0.4, 0.5) is 0 Å². The number of aryl methyl sites for hydroxylation is 1. The maximum atomic E-state index is 10.4. The molecule has 1 aromatic rings. The Balaban J connectivity index is 1.99. The number of nitrogens with zero attached hydrogens (tertiary/aromatic N) is 3. The van der Waals surface area contributed by atoms with Crippen molar-refractivity contribution >= 4 is 5.97 Å². The maximum absolute atomic E-state index is 10.4. The van der Waals surface area contributed by atoms with E-state index in [-0.39, 0.29) is 18.6 Å². The molecule has 6 nitrogen and oxygen atoms in total. The first-order valence-corrected chi connectivity index (χ1v) is 5.47. The first-order valence-electron chi connectivity index (χ1n) is 5.47. The number of carboxylic acids is 1. The second-order valence-corrected chi connectivity index (χ2v) is 4.15. The molecule has 2 rings (SSSR count). The molecule has 1 aromatic heterocycles. The molecule has 0 saturated heterocycles. The summed E-state index contributed by atoms with van der Waals surface area (Å²) in [7, 11) is 0. The quantitative estimate of drug-likeness (QED) is 0.773. The third-order valence-electron chi connectivity index (χ3n) is 2.94. The lowest BCUT2D eigenvalue weighted by Gasteiger charge is -2.13. The molecule has 1 aliphatic carbocycles. The summed E-state index contributed by atoms with van der Waals surface area (Å²) in [5.74, 6) is -0.838. The Morgan fingerprint density at radius 1 is 1.56 bits per heavy atom. The molecule has 2 atom stereocenters. The number of aliphatic carboxylic acids is 1. The van der Waals surface area contributed by atoms with Crippen molar-refractivity contribution in [3.05, 3.63) is 11.9 Å². The fourth-order valence-corrected chi connectivity index (χ4v) is 2.05. The Labute approximate surface area is 92.9 Å². The van der Waals surface area contributed by atoms with Gasteiger partial charge in [-0.3, -0.25) is 4.79 Å². The predicted molar refractivity (Wildman–Crippen MR) is 54.9 cm³/mol. The lowest BCUT2D eigenvalue weighted by molar-refractivity contribution is -0.136. The summed E-state index contributed by atoms with van der Waals surface area (Å²) >= 11 is 0. The number of carboxylic acid groups (broad SMARTS) is 1. The van der Waals surface area contributed by atoms with Gasteiger partial charge in [0.15, 0.2) is 0 Å². The fourth-order valence-electron chi connectivity index (χ4n) is 2.05. The predicted octanol–water partition coefficient (Wildman–Crippen LogP) is 0.381. The van der Waals surface area contributed by atoms with Crippen molar-refractivity contribution in [2.45, 2.75) is 44.2 Å². The summed E-state index contributed by atoms with van der Waals surface area (Å²) in [5, 5.41) is 26.1.